The van der Waals surface area contributed by atoms with Crippen molar-refractivity contribution in [3.63, 3.8) is 0 Å². The van der Waals surface area contributed by atoms with Gasteiger partial charge in [0.25, 0.3) is 0 Å². The van der Waals surface area contributed by atoms with Crippen LogP contribution in [0.2, 0.25) is 0 Å². The highest BCUT2D eigenvalue weighted by Gasteiger charge is 1.98. The first kappa shape index (κ1) is 8.75. The molecule has 1 heterocycles. The largest absolute Gasteiger partial charge is 0.619 e. The molecule has 0 saturated carbocycles. The topological polar surface area (TPSA) is 26.9 Å². The smallest absolute Gasteiger partial charge is 0.180 e. The molecule has 0 aliphatic rings. The van der Waals surface area contributed by atoms with Gasteiger partial charge in [0.2, 0.25) is 0 Å². The minimum atomic E-state index is 0.791. The SMILES string of the molecule is Cc1cccc(-c2cc[n+]([O-])cc2)c1. The van der Waals surface area contributed by atoms with Gasteiger partial charge in [0.15, 0.2) is 12.4 Å². The molecular formula is C12H11NO. The molecule has 0 bridgehead atoms. The lowest BCUT2D eigenvalue weighted by Crippen LogP contribution is -2.23. The third-order valence-corrected chi connectivity index (χ3v) is 2.15. The van der Waals surface area contributed by atoms with Gasteiger partial charge in [-0.25, -0.2) is 0 Å². The number of aromatic nitrogens is 1. The molecule has 2 nitrogen and oxygen atoms in total. The van der Waals surface area contributed by atoms with Gasteiger partial charge in [0, 0.05) is 12.1 Å². The summed E-state index contributed by atoms with van der Waals surface area (Å²) in [6.07, 6.45) is 3.02. The molecule has 0 unspecified atom stereocenters. The number of aryl methyl sites for hydroxylation is 1. The fourth-order valence-corrected chi connectivity index (χ4v) is 1.43. The highest BCUT2D eigenvalue weighted by Crippen LogP contribution is 2.18. The fourth-order valence-electron chi connectivity index (χ4n) is 1.43. The quantitative estimate of drug-likeness (QED) is 0.494. The lowest BCUT2D eigenvalue weighted by Gasteiger charge is -2.02. The Morgan fingerprint density at radius 2 is 1.71 bits per heavy atom. The van der Waals surface area contributed by atoms with Gasteiger partial charge in [-0.05, 0) is 18.1 Å². The molecular weight excluding hydrogens is 174 g/mol. The van der Waals surface area contributed by atoms with E-state index in [4.69, 9.17) is 0 Å². The third-order valence-electron chi connectivity index (χ3n) is 2.15. The van der Waals surface area contributed by atoms with Gasteiger partial charge in [-0.1, -0.05) is 29.8 Å². The summed E-state index contributed by atoms with van der Waals surface area (Å²) in [4.78, 5) is 0. The van der Waals surface area contributed by atoms with Gasteiger partial charge in [-0.15, -0.1) is 0 Å². The Kier molecular flexibility index (Phi) is 2.19. The summed E-state index contributed by atoms with van der Waals surface area (Å²) in [6.45, 7) is 2.06. The van der Waals surface area contributed by atoms with Crippen molar-refractivity contribution in [1.82, 2.24) is 0 Å². The summed E-state index contributed by atoms with van der Waals surface area (Å²) in [7, 11) is 0. The Labute approximate surface area is 83.0 Å². The summed E-state index contributed by atoms with van der Waals surface area (Å²) in [5, 5.41) is 10.8. The molecule has 0 fully saturated rings. The number of pyridine rings is 1. The predicted octanol–water partition coefficient (Wildman–Crippen LogP) is 2.30. The summed E-state index contributed by atoms with van der Waals surface area (Å²) in [5.74, 6) is 0. The van der Waals surface area contributed by atoms with Crippen molar-refractivity contribution >= 4 is 0 Å². The van der Waals surface area contributed by atoms with Crippen LogP contribution >= 0.6 is 0 Å². The van der Waals surface area contributed by atoms with Crippen LogP contribution in [0.25, 0.3) is 11.1 Å². The Morgan fingerprint density at radius 1 is 1.00 bits per heavy atom. The second-order valence-corrected chi connectivity index (χ2v) is 3.32. The van der Waals surface area contributed by atoms with Crippen molar-refractivity contribution in [3.8, 4) is 11.1 Å². The van der Waals surface area contributed by atoms with E-state index in [9.17, 15) is 5.21 Å². The van der Waals surface area contributed by atoms with Crippen LogP contribution in [0.4, 0.5) is 0 Å². The first-order valence-electron chi connectivity index (χ1n) is 4.51. The maximum Gasteiger partial charge on any atom is 0.180 e. The number of hydrogen-bond acceptors (Lipinski definition) is 1. The van der Waals surface area contributed by atoms with Crippen LogP contribution in [0.5, 0.6) is 0 Å². The van der Waals surface area contributed by atoms with Gasteiger partial charge in [-0.3, -0.25) is 0 Å². The molecule has 2 heteroatoms. The van der Waals surface area contributed by atoms with Crippen LogP contribution in [-0.2, 0) is 0 Å². The van der Waals surface area contributed by atoms with Gasteiger partial charge in [-0.2, -0.15) is 4.73 Å². The molecule has 1 aromatic carbocycles. The van der Waals surface area contributed by atoms with Gasteiger partial charge >= 0.3 is 0 Å². The van der Waals surface area contributed by atoms with Gasteiger partial charge in [0.1, 0.15) is 0 Å². The van der Waals surface area contributed by atoms with Crippen LogP contribution in [0.1, 0.15) is 5.56 Å². The number of benzene rings is 1. The Morgan fingerprint density at radius 3 is 2.36 bits per heavy atom. The molecule has 0 radical (unpaired) electrons. The summed E-state index contributed by atoms with van der Waals surface area (Å²) < 4.78 is 0.791. The van der Waals surface area contributed by atoms with Crippen LogP contribution in [0.3, 0.4) is 0 Å². The zero-order chi connectivity index (χ0) is 9.97. The lowest BCUT2D eigenvalue weighted by molar-refractivity contribution is -0.605. The monoisotopic (exact) mass is 185 g/mol. The number of hydrogen-bond donors (Lipinski definition) is 0. The van der Waals surface area contributed by atoms with Crippen LogP contribution < -0.4 is 4.73 Å². The van der Waals surface area contributed by atoms with E-state index in [2.05, 4.69) is 19.1 Å². The molecule has 0 amide bonds. The minimum Gasteiger partial charge on any atom is -0.619 e. The maximum absolute atomic E-state index is 10.8. The second-order valence-electron chi connectivity index (χ2n) is 3.32. The molecule has 0 atom stereocenters. The third kappa shape index (κ3) is 1.74. The Hall–Kier alpha value is -1.83. The molecule has 0 saturated heterocycles. The summed E-state index contributed by atoms with van der Waals surface area (Å²) in [6, 6.07) is 11.9. The summed E-state index contributed by atoms with van der Waals surface area (Å²) in [5.41, 5.74) is 3.44. The van der Waals surface area contributed by atoms with E-state index in [0.29, 0.717) is 0 Å². The van der Waals surface area contributed by atoms with E-state index < -0.39 is 0 Å². The summed E-state index contributed by atoms with van der Waals surface area (Å²) >= 11 is 0. The zero-order valence-electron chi connectivity index (χ0n) is 7.97. The fraction of sp³-hybridized carbons (Fsp3) is 0.0833. The van der Waals surface area contributed by atoms with Crippen molar-refractivity contribution in [2.45, 2.75) is 6.92 Å². The van der Waals surface area contributed by atoms with Gasteiger partial charge < -0.3 is 5.21 Å². The minimum absolute atomic E-state index is 0.791. The van der Waals surface area contributed by atoms with E-state index in [1.807, 2.05) is 24.3 Å². The molecule has 0 aliphatic heterocycles. The standard InChI is InChI=1S/C12H11NO/c1-10-3-2-4-12(9-10)11-5-7-13(14)8-6-11/h2-9H,1H3. The molecule has 1 aromatic heterocycles. The van der Waals surface area contributed by atoms with E-state index >= 15 is 0 Å². The highest BCUT2D eigenvalue weighted by atomic mass is 16.5. The van der Waals surface area contributed by atoms with Crippen LogP contribution in [-0.4, -0.2) is 0 Å². The zero-order valence-corrected chi connectivity index (χ0v) is 7.97. The van der Waals surface area contributed by atoms with Crippen molar-refractivity contribution in [1.29, 1.82) is 0 Å². The van der Waals surface area contributed by atoms with E-state index in [-0.39, 0.29) is 0 Å². The van der Waals surface area contributed by atoms with Crippen molar-refractivity contribution in [3.05, 3.63) is 59.6 Å². The second kappa shape index (κ2) is 3.50. The normalized spacial score (nSPS) is 10.1. The Balaban J connectivity index is 2.44. The molecule has 0 aliphatic carbocycles. The predicted molar refractivity (Wildman–Crippen MR) is 55.6 cm³/mol. The highest BCUT2D eigenvalue weighted by molar-refractivity contribution is 5.62. The number of rotatable bonds is 1. The van der Waals surface area contributed by atoms with Crippen molar-refractivity contribution < 1.29 is 4.73 Å². The van der Waals surface area contributed by atoms with Crippen LogP contribution in [0, 0.1) is 12.1 Å². The van der Waals surface area contributed by atoms with E-state index in [1.54, 1.807) is 0 Å². The van der Waals surface area contributed by atoms with Crippen LogP contribution in [0.15, 0.2) is 48.8 Å². The molecule has 14 heavy (non-hydrogen) atoms. The van der Waals surface area contributed by atoms with Crippen molar-refractivity contribution in [2.24, 2.45) is 0 Å². The Bertz CT molecular complexity index is 434. The first-order chi connectivity index (χ1) is 6.75. The molecule has 2 aromatic rings. The van der Waals surface area contributed by atoms with E-state index in [1.165, 1.54) is 18.0 Å². The maximum atomic E-state index is 10.8. The molecule has 0 spiro atoms. The van der Waals surface area contributed by atoms with Crippen molar-refractivity contribution in [2.75, 3.05) is 0 Å². The average Bonchev–Trinajstić information content (AvgIpc) is 2.19. The molecule has 2 rings (SSSR count). The first-order valence-corrected chi connectivity index (χ1v) is 4.51. The molecule has 70 valence electrons. The average molecular weight is 185 g/mol. The molecule has 0 N–H and O–H groups in total. The lowest BCUT2D eigenvalue weighted by atomic mass is 10.1. The van der Waals surface area contributed by atoms with Gasteiger partial charge in [0.05, 0.1) is 0 Å². The number of nitrogens with zero attached hydrogens (tertiary/aromatic N) is 1. The van der Waals surface area contributed by atoms with E-state index in [0.717, 1.165) is 15.9 Å².